The predicted molar refractivity (Wildman–Crippen MR) is 218 cm³/mol. The molecule has 10 aromatic rings. The van der Waals surface area contributed by atoms with Crippen molar-refractivity contribution in [1.29, 1.82) is 0 Å². The summed E-state index contributed by atoms with van der Waals surface area (Å²) < 4.78 is 2.72. The first-order chi connectivity index (χ1) is 24.5. The Morgan fingerprint density at radius 2 is 0.920 bits per heavy atom. The maximum Gasteiger partial charge on any atom is 0.0362 e. The van der Waals surface area contributed by atoms with E-state index in [1.54, 1.807) is 0 Å². The number of rotatable bonds is 2. The molecule has 1 aliphatic carbocycles. The molecule has 1 heteroatoms. The Morgan fingerprint density at radius 3 is 1.62 bits per heavy atom. The maximum atomic E-state index is 2.51. The Labute approximate surface area is 294 Å². The van der Waals surface area contributed by atoms with Gasteiger partial charge in [-0.3, -0.25) is 0 Å². The highest BCUT2D eigenvalue weighted by atomic mass is 32.1. The SMILES string of the molecule is CC1(C)c2ccc(-c3c4ccccc4c(-c4ccc5ccccc5c4)c4ccccc34)cc2-c2cc3sc4ccc5ccccc5c4c3cc21. The highest BCUT2D eigenvalue weighted by Crippen LogP contribution is 2.54. The van der Waals surface area contributed by atoms with Crippen LogP contribution in [0.1, 0.15) is 25.0 Å². The van der Waals surface area contributed by atoms with Crippen LogP contribution in [0.25, 0.3) is 96.6 Å². The van der Waals surface area contributed by atoms with Crippen LogP contribution >= 0.6 is 11.3 Å². The van der Waals surface area contributed by atoms with E-state index >= 15 is 0 Å². The van der Waals surface area contributed by atoms with Gasteiger partial charge in [-0.25, -0.2) is 0 Å². The van der Waals surface area contributed by atoms with E-state index in [2.05, 4.69) is 172 Å². The summed E-state index contributed by atoms with van der Waals surface area (Å²) in [4.78, 5) is 0. The Hall–Kier alpha value is -5.76. The Kier molecular flexibility index (Phi) is 5.70. The number of hydrogen-bond acceptors (Lipinski definition) is 1. The van der Waals surface area contributed by atoms with Crippen LogP contribution in [0.3, 0.4) is 0 Å². The Bertz CT molecular complexity index is 3010. The molecule has 0 saturated heterocycles. The molecule has 0 aliphatic heterocycles. The van der Waals surface area contributed by atoms with Gasteiger partial charge in [0.25, 0.3) is 0 Å². The molecule has 1 aromatic heterocycles. The van der Waals surface area contributed by atoms with Crippen molar-refractivity contribution in [2.24, 2.45) is 0 Å². The van der Waals surface area contributed by atoms with Crippen molar-refractivity contribution in [2.45, 2.75) is 19.3 Å². The van der Waals surface area contributed by atoms with Crippen molar-refractivity contribution in [1.82, 2.24) is 0 Å². The summed E-state index contributed by atoms with van der Waals surface area (Å²) in [6.07, 6.45) is 0. The van der Waals surface area contributed by atoms with Crippen molar-refractivity contribution < 1.29 is 0 Å². The van der Waals surface area contributed by atoms with Crippen molar-refractivity contribution in [3.05, 3.63) is 169 Å². The quantitative estimate of drug-likeness (QED) is 0.163. The lowest BCUT2D eigenvalue weighted by Crippen LogP contribution is -2.14. The van der Waals surface area contributed by atoms with Crippen LogP contribution in [-0.2, 0) is 5.41 Å². The van der Waals surface area contributed by atoms with Crippen LogP contribution in [0.5, 0.6) is 0 Å². The van der Waals surface area contributed by atoms with Gasteiger partial charge in [0.05, 0.1) is 0 Å². The predicted octanol–water partition coefficient (Wildman–Crippen LogP) is 14.3. The molecular weight excluding hydrogens is 621 g/mol. The minimum atomic E-state index is -0.0969. The van der Waals surface area contributed by atoms with Crippen LogP contribution in [0, 0.1) is 0 Å². The van der Waals surface area contributed by atoms with E-state index in [0.29, 0.717) is 0 Å². The average Bonchev–Trinajstić information content (AvgIpc) is 3.64. The summed E-state index contributed by atoms with van der Waals surface area (Å²) in [7, 11) is 0. The molecule has 11 rings (SSSR count). The number of thiophene rings is 1. The monoisotopic (exact) mass is 652 g/mol. The summed E-state index contributed by atoms with van der Waals surface area (Å²) in [6.45, 7) is 4.80. The van der Waals surface area contributed by atoms with Gasteiger partial charge in [-0.2, -0.15) is 0 Å². The van der Waals surface area contributed by atoms with Gasteiger partial charge in [-0.1, -0.05) is 141 Å². The highest BCUT2D eigenvalue weighted by Gasteiger charge is 2.36. The Morgan fingerprint density at radius 1 is 0.380 bits per heavy atom. The second-order valence-corrected chi connectivity index (χ2v) is 15.5. The zero-order valence-electron chi connectivity index (χ0n) is 27.9. The Balaban J connectivity index is 1.16. The van der Waals surface area contributed by atoms with Crippen LogP contribution in [0.15, 0.2) is 158 Å². The van der Waals surface area contributed by atoms with Gasteiger partial charge in [-0.05, 0) is 118 Å². The zero-order chi connectivity index (χ0) is 33.1. The average molecular weight is 653 g/mol. The fourth-order valence-electron chi connectivity index (χ4n) is 9.04. The van der Waals surface area contributed by atoms with Crippen LogP contribution in [-0.4, -0.2) is 0 Å². The maximum absolute atomic E-state index is 2.51. The van der Waals surface area contributed by atoms with E-state index in [-0.39, 0.29) is 5.41 Å². The topological polar surface area (TPSA) is 0 Å². The molecule has 0 bridgehead atoms. The van der Waals surface area contributed by atoms with Gasteiger partial charge in [0, 0.05) is 25.6 Å². The third-order valence-electron chi connectivity index (χ3n) is 11.4. The standard InChI is InChI=1S/C49H32S/c1-49(2)42-23-21-33(26-39(42)40-28-45-41(27-43(40)49)48-34-14-6-5-12-30(34)22-24-44(48)50-45)47-37-17-9-7-15-35(37)46(36-16-8-10-18-38(36)47)32-20-19-29-11-3-4-13-31(29)25-32/h3-28H,1-2H3. The van der Waals surface area contributed by atoms with E-state index in [4.69, 9.17) is 0 Å². The van der Waals surface area contributed by atoms with E-state index in [9.17, 15) is 0 Å². The molecule has 0 radical (unpaired) electrons. The molecule has 0 nitrogen and oxygen atoms in total. The molecule has 50 heavy (non-hydrogen) atoms. The molecule has 9 aromatic carbocycles. The summed E-state index contributed by atoms with van der Waals surface area (Å²) in [5, 5.41) is 13.1. The molecule has 0 atom stereocenters. The lowest BCUT2D eigenvalue weighted by Gasteiger charge is -2.22. The number of benzene rings is 9. The largest absolute Gasteiger partial charge is 0.135 e. The third-order valence-corrected chi connectivity index (χ3v) is 12.5. The van der Waals surface area contributed by atoms with Crippen molar-refractivity contribution in [2.75, 3.05) is 0 Å². The lowest BCUT2D eigenvalue weighted by molar-refractivity contribution is 0.661. The summed E-state index contributed by atoms with van der Waals surface area (Å²) in [5.41, 5.74) is 10.6. The molecular formula is C49H32S. The smallest absolute Gasteiger partial charge is 0.0362 e. The molecule has 0 amide bonds. The fraction of sp³-hybridized carbons (Fsp3) is 0.0612. The van der Waals surface area contributed by atoms with Crippen LogP contribution in [0.4, 0.5) is 0 Å². The minimum absolute atomic E-state index is 0.0969. The van der Waals surface area contributed by atoms with Crippen LogP contribution in [0.2, 0.25) is 0 Å². The first kappa shape index (κ1) is 28.1. The summed E-state index contributed by atoms with van der Waals surface area (Å²) in [5.74, 6) is 0. The van der Waals surface area contributed by atoms with E-state index in [0.717, 1.165) is 0 Å². The molecule has 0 fully saturated rings. The van der Waals surface area contributed by atoms with Gasteiger partial charge in [0.1, 0.15) is 0 Å². The fourth-order valence-corrected chi connectivity index (χ4v) is 10.2. The molecule has 0 N–H and O–H groups in total. The molecule has 234 valence electrons. The van der Waals surface area contributed by atoms with Crippen molar-refractivity contribution >= 4 is 74.6 Å². The lowest BCUT2D eigenvalue weighted by atomic mass is 9.81. The number of fused-ring (bicyclic) bond motifs is 11. The first-order valence-electron chi connectivity index (χ1n) is 17.5. The number of hydrogen-bond donors (Lipinski definition) is 0. The summed E-state index contributed by atoms with van der Waals surface area (Å²) in [6, 6.07) is 59.3. The highest BCUT2D eigenvalue weighted by molar-refractivity contribution is 7.26. The third kappa shape index (κ3) is 3.81. The second-order valence-electron chi connectivity index (χ2n) is 14.4. The van der Waals surface area contributed by atoms with E-state index in [1.807, 2.05) is 11.3 Å². The van der Waals surface area contributed by atoms with Crippen molar-refractivity contribution in [3.63, 3.8) is 0 Å². The van der Waals surface area contributed by atoms with Crippen LogP contribution < -0.4 is 0 Å². The molecule has 0 unspecified atom stereocenters. The molecule has 1 aliphatic rings. The van der Waals surface area contributed by atoms with E-state index in [1.165, 1.54) is 108 Å². The van der Waals surface area contributed by atoms with Gasteiger partial charge in [0.2, 0.25) is 0 Å². The molecule has 0 saturated carbocycles. The normalized spacial score (nSPS) is 13.6. The van der Waals surface area contributed by atoms with Crippen molar-refractivity contribution in [3.8, 4) is 33.4 Å². The minimum Gasteiger partial charge on any atom is -0.135 e. The first-order valence-corrected chi connectivity index (χ1v) is 18.3. The van der Waals surface area contributed by atoms with Gasteiger partial charge in [-0.15, -0.1) is 11.3 Å². The second kappa shape index (κ2) is 10.1. The molecule has 0 spiro atoms. The van der Waals surface area contributed by atoms with Gasteiger partial charge >= 0.3 is 0 Å². The van der Waals surface area contributed by atoms with E-state index < -0.39 is 0 Å². The summed E-state index contributed by atoms with van der Waals surface area (Å²) >= 11 is 1.92. The molecule has 1 heterocycles. The zero-order valence-corrected chi connectivity index (χ0v) is 28.7. The van der Waals surface area contributed by atoms with Gasteiger partial charge in [0.15, 0.2) is 0 Å². The van der Waals surface area contributed by atoms with Gasteiger partial charge < -0.3 is 0 Å².